The van der Waals surface area contributed by atoms with Gasteiger partial charge in [0.1, 0.15) is 13.1 Å². The van der Waals surface area contributed by atoms with Gasteiger partial charge in [0.05, 0.1) is 32.0 Å². The van der Waals surface area contributed by atoms with Crippen LogP contribution in [0.2, 0.25) is 0 Å². The van der Waals surface area contributed by atoms with Gasteiger partial charge in [-0.15, -0.1) is 5.10 Å². The Labute approximate surface area is 173 Å². The molecule has 10 heteroatoms. The minimum Gasteiger partial charge on any atom is -0.370 e. The lowest BCUT2D eigenvalue weighted by Gasteiger charge is -2.30. The number of amidine groups is 1. The van der Waals surface area contributed by atoms with E-state index in [0.29, 0.717) is 12.1 Å². The zero-order chi connectivity index (χ0) is 20.6. The Balaban J connectivity index is 1.66. The zero-order valence-corrected chi connectivity index (χ0v) is 17.3. The highest BCUT2D eigenvalue weighted by Gasteiger charge is 2.61. The highest BCUT2D eigenvalue weighted by Crippen LogP contribution is 2.54. The van der Waals surface area contributed by atoms with Gasteiger partial charge in [-0.05, 0) is 17.8 Å². The van der Waals surface area contributed by atoms with E-state index >= 15 is 0 Å². The van der Waals surface area contributed by atoms with Gasteiger partial charge in [0.25, 0.3) is 5.91 Å². The van der Waals surface area contributed by atoms with Crippen LogP contribution in [0.4, 0.5) is 5.69 Å². The molecule has 1 fully saturated rings. The molecule has 0 radical (unpaired) electrons. The monoisotopic (exact) mass is 418 g/mol. The average molecular weight is 418 g/mol. The van der Waals surface area contributed by atoms with Gasteiger partial charge < -0.3 is 19.9 Å². The number of benzene rings is 1. The molecule has 1 saturated heterocycles. The lowest BCUT2D eigenvalue weighted by atomic mass is 10.1. The van der Waals surface area contributed by atoms with Gasteiger partial charge in [-0.1, -0.05) is 18.2 Å². The molecule has 1 atom stereocenters. The number of hydrogen-bond acceptors (Lipinski definition) is 6. The summed E-state index contributed by atoms with van der Waals surface area (Å²) in [7, 11) is 0. The summed E-state index contributed by atoms with van der Waals surface area (Å²) in [5.41, 5.74) is 1.49. The van der Waals surface area contributed by atoms with Crippen molar-refractivity contribution in [2.24, 2.45) is 5.10 Å². The summed E-state index contributed by atoms with van der Waals surface area (Å²) < 4.78 is 5.41. The molecular formula is C19H24N5O4S+. The third kappa shape index (κ3) is 3.41. The summed E-state index contributed by atoms with van der Waals surface area (Å²) >= 11 is 1.11. The number of carbonyl (C=O) groups is 3. The van der Waals surface area contributed by atoms with Crippen LogP contribution in [0.25, 0.3) is 0 Å². The van der Waals surface area contributed by atoms with Crippen molar-refractivity contribution in [3.63, 3.8) is 0 Å². The van der Waals surface area contributed by atoms with Crippen molar-refractivity contribution < 1.29 is 24.0 Å². The molecule has 1 aromatic rings. The summed E-state index contributed by atoms with van der Waals surface area (Å²) in [6.07, 6.45) is 0. The van der Waals surface area contributed by atoms with Crippen molar-refractivity contribution >= 4 is 40.3 Å². The van der Waals surface area contributed by atoms with Crippen molar-refractivity contribution in [1.82, 2.24) is 10.3 Å². The van der Waals surface area contributed by atoms with E-state index in [1.54, 1.807) is 4.90 Å². The number of carbonyl (C=O) groups excluding carboxylic acids is 3. The van der Waals surface area contributed by atoms with E-state index in [-0.39, 0.29) is 22.9 Å². The summed E-state index contributed by atoms with van der Waals surface area (Å²) in [4.78, 5) is 39.5. The maximum Gasteiger partial charge on any atom is 0.271 e. The molecule has 1 aromatic carbocycles. The zero-order valence-electron chi connectivity index (χ0n) is 16.4. The second-order valence-corrected chi connectivity index (χ2v) is 8.43. The Morgan fingerprint density at radius 1 is 1.28 bits per heavy atom. The number of thioether (sulfide) groups is 1. The average Bonchev–Trinajstić information content (AvgIpc) is 3.18. The molecule has 3 heterocycles. The molecule has 0 saturated carbocycles. The van der Waals surface area contributed by atoms with Gasteiger partial charge in [0, 0.05) is 19.4 Å². The van der Waals surface area contributed by atoms with Crippen molar-refractivity contribution in [3.05, 3.63) is 29.8 Å². The first-order valence-corrected chi connectivity index (χ1v) is 10.4. The topological polar surface area (TPSA) is 95.8 Å². The summed E-state index contributed by atoms with van der Waals surface area (Å²) in [5.74, 6) is -0.874. The summed E-state index contributed by atoms with van der Waals surface area (Å²) in [6.45, 7) is 7.36. The Bertz CT molecular complexity index is 885. The predicted molar refractivity (Wildman–Crippen MR) is 108 cm³/mol. The SMILES string of the molecule is CC(=O)NC1=NN(C(C)=O)[C@@]2(S1)C(=O)N(CC[NH+]1CCOCC1)c1ccccc12. The van der Waals surface area contributed by atoms with Crippen LogP contribution in [0, 0.1) is 0 Å². The maximum absolute atomic E-state index is 13.7. The quantitative estimate of drug-likeness (QED) is 0.664. The molecule has 1 spiro atoms. The maximum atomic E-state index is 13.7. The van der Waals surface area contributed by atoms with Crippen LogP contribution in [-0.4, -0.2) is 67.3 Å². The molecule has 3 aliphatic heterocycles. The first-order chi connectivity index (χ1) is 13.9. The third-order valence-electron chi connectivity index (χ3n) is 5.30. The van der Waals surface area contributed by atoms with Gasteiger partial charge in [0.15, 0.2) is 5.17 Å². The van der Waals surface area contributed by atoms with Crippen molar-refractivity contribution in [1.29, 1.82) is 0 Å². The second-order valence-electron chi connectivity index (χ2n) is 7.25. The number of nitrogens with zero attached hydrogens (tertiary/aromatic N) is 3. The number of morpholine rings is 1. The number of hydrogen-bond donors (Lipinski definition) is 2. The molecule has 9 nitrogen and oxygen atoms in total. The van der Waals surface area contributed by atoms with E-state index < -0.39 is 4.87 Å². The number of para-hydroxylation sites is 1. The van der Waals surface area contributed by atoms with Crippen molar-refractivity contribution in [2.45, 2.75) is 18.7 Å². The summed E-state index contributed by atoms with van der Waals surface area (Å²) in [5, 5.41) is 8.32. The number of hydrazone groups is 1. The normalized spacial score (nSPS) is 24.1. The van der Waals surface area contributed by atoms with Crippen LogP contribution < -0.4 is 15.1 Å². The lowest BCUT2D eigenvalue weighted by Crippen LogP contribution is -3.14. The van der Waals surface area contributed by atoms with E-state index in [2.05, 4.69) is 10.4 Å². The molecule has 0 unspecified atom stereocenters. The Morgan fingerprint density at radius 2 is 2.00 bits per heavy atom. The van der Waals surface area contributed by atoms with E-state index in [0.717, 1.165) is 50.3 Å². The number of rotatable bonds is 3. The lowest BCUT2D eigenvalue weighted by molar-refractivity contribution is -0.906. The Morgan fingerprint density at radius 3 is 2.69 bits per heavy atom. The molecule has 2 N–H and O–H groups in total. The highest BCUT2D eigenvalue weighted by molar-refractivity contribution is 8.15. The van der Waals surface area contributed by atoms with Crippen LogP contribution >= 0.6 is 11.8 Å². The van der Waals surface area contributed by atoms with Gasteiger partial charge in [-0.2, -0.15) is 5.01 Å². The Hall–Kier alpha value is -2.43. The molecule has 0 aliphatic carbocycles. The number of amides is 3. The molecule has 3 amide bonds. The molecule has 3 aliphatic rings. The van der Waals surface area contributed by atoms with Crippen molar-refractivity contribution in [3.8, 4) is 0 Å². The molecule has 0 aromatic heterocycles. The van der Waals surface area contributed by atoms with Crippen LogP contribution in [0.5, 0.6) is 0 Å². The molecule has 154 valence electrons. The fourth-order valence-electron chi connectivity index (χ4n) is 3.97. The fraction of sp³-hybridized carbons (Fsp3) is 0.474. The standard InChI is InChI=1S/C19H23N5O4S/c1-13(25)20-18-21-24(14(2)26)19(29-18)15-5-3-4-6-16(15)23(17(19)27)8-7-22-9-11-28-12-10-22/h3-6H,7-12H2,1-2H3,(H,20,21,25)/p+1/t19-/m0/s1. The van der Waals surface area contributed by atoms with Gasteiger partial charge in [-0.3, -0.25) is 14.4 Å². The number of anilines is 1. The van der Waals surface area contributed by atoms with Gasteiger partial charge in [-0.25, -0.2) is 0 Å². The van der Waals surface area contributed by atoms with E-state index in [1.807, 2.05) is 24.3 Å². The Kier molecular flexibility index (Phi) is 5.32. The van der Waals surface area contributed by atoms with Crippen LogP contribution in [0.3, 0.4) is 0 Å². The number of fused-ring (bicyclic) bond motifs is 2. The molecule has 4 rings (SSSR count). The second kappa shape index (κ2) is 7.77. The largest absolute Gasteiger partial charge is 0.370 e. The number of nitrogens with one attached hydrogen (secondary N) is 2. The van der Waals surface area contributed by atoms with Crippen LogP contribution in [0.1, 0.15) is 19.4 Å². The van der Waals surface area contributed by atoms with E-state index in [4.69, 9.17) is 4.74 Å². The van der Waals surface area contributed by atoms with Gasteiger partial charge in [0.2, 0.25) is 16.7 Å². The first kappa shape index (κ1) is 19.9. The number of quaternary nitrogens is 1. The first-order valence-electron chi connectivity index (χ1n) is 9.62. The molecule has 29 heavy (non-hydrogen) atoms. The smallest absolute Gasteiger partial charge is 0.271 e. The molecular weight excluding hydrogens is 394 g/mol. The molecule has 0 bridgehead atoms. The van der Waals surface area contributed by atoms with Gasteiger partial charge >= 0.3 is 0 Å². The van der Waals surface area contributed by atoms with Crippen LogP contribution in [0.15, 0.2) is 29.4 Å². The van der Waals surface area contributed by atoms with E-state index in [1.165, 1.54) is 23.8 Å². The van der Waals surface area contributed by atoms with Crippen LogP contribution in [-0.2, 0) is 24.0 Å². The summed E-state index contributed by atoms with van der Waals surface area (Å²) in [6, 6.07) is 7.47. The minimum absolute atomic E-state index is 0.212. The van der Waals surface area contributed by atoms with Crippen molar-refractivity contribution in [2.75, 3.05) is 44.3 Å². The highest BCUT2D eigenvalue weighted by atomic mass is 32.2. The third-order valence-corrected chi connectivity index (χ3v) is 6.54. The minimum atomic E-state index is -1.32. The van der Waals surface area contributed by atoms with E-state index in [9.17, 15) is 14.4 Å². The predicted octanol–water partition coefficient (Wildman–Crippen LogP) is -0.896. The fourth-order valence-corrected chi connectivity index (χ4v) is 5.30. The number of ether oxygens (including phenoxy) is 1.